The second-order valence-electron chi connectivity index (χ2n) is 3.34. The SMILES string of the molecule is OCCc1ccccc1-c1ccnc(Cl)n1. The van der Waals surface area contributed by atoms with Crippen LogP contribution >= 0.6 is 11.6 Å². The Morgan fingerprint density at radius 3 is 2.75 bits per heavy atom. The van der Waals surface area contributed by atoms with Gasteiger partial charge in [0, 0.05) is 18.4 Å². The minimum atomic E-state index is 0.121. The van der Waals surface area contributed by atoms with Crippen molar-refractivity contribution >= 4 is 11.6 Å². The predicted molar refractivity (Wildman–Crippen MR) is 63.3 cm³/mol. The molecule has 16 heavy (non-hydrogen) atoms. The Morgan fingerprint density at radius 2 is 2.00 bits per heavy atom. The van der Waals surface area contributed by atoms with E-state index in [0.29, 0.717) is 6.42 Å². The second kappa shape index (κ2) is 5.05. The van der Waals surface area contributed by atoms with E-state index in [2.05, 4.69) is 9.97 Å². The van der Waals surface area contributed by atoms with Crippen LogP contribution in [-0.4, -0.2) is 21.7 Å². The first kappa shape index (κ1) is 11.0. The first-order valence-corrected chi connectivity index (χ1v) is 5.37. The van der Waals surface area contributed by atoms with Crippen molar-refractivity contribution < 1.29 is 5.11 Å². The fourth-order valence-electron chi connectivity index (χ4n) is 1.59. The van der Waals surface area contributed by atoms with Crippen molar-refractivity contribution in [1.29, 1.82) is 0 Å². The molecular formula is C12H11ClN2O. The molecule has 4 heteroatoms. The molecule has 0 saturated heterocycles. The van der Waals surface area contributed by atoms with E-state index in [-0.39, 0.29) is 11.9 Å². The van der Waals surface area contributed by atoms with Crippen LogP contribution in [0.4, 0.5) is 0 Å². The normalized spacial score (nSPS) is 10.4. The van der Waals surface area contributed by atoms with E-state index in [1.54, 1.807) is 6.20 Å². The zero-order valence-electron chi connectivity index (χ0n) is 8.60. The number of hydrogen-bond donors (Lipinski definition) is 1. The second-order valence-corrected chi connectivity index (χ2v) is 3.68. The Kier molecular flexibility index (Phi) is 3.49. The molecule has 2 aromatic rings. The first-order valence-electron chi connectivity index (χ1n) is 4.99. The van der Waals surface area contributed by atoms with Crippen molar-refractivity contribution in [3.8, 4) is 11.3 Å². The van der Waals surface area contributed by atoms with Gasteiger partial charge in [-0.1, -0.05) is 24.3 Å². The highest BCUT2D eigenvalue weighted by Gasteiger charge is 2.05. The molecule has 0 bridgehead atoms. The summed E-state index contributed by atoms with van der Waals surface area (Å²) in [5.74, 6) is 0. The molecule has 1 aromatic heterocycles. The van der Waals surface area contributed by atoms with Crippen LogP contribution in [0.5, 0.6) is 0 Å². The van der Waals surface area contributed by atoms with Gasteiger partial charge >= 0.3 is 0 Å². The van der Waals surface area contributed by atoms with Gasteiger partial charge in [-0.3, -0.25) is 0 Å². The summed E-state index contributed by atoms with van der Waals surface area (Å²) >= 11 is 5.75. The number of aliphatic hydroxyl groups excluding tert-OH is 1. The molecule has 1 heterocycles. The Balaban J connectivity index is 2.46. The lowest BCUT2D eigenvalue weighted by atomic mass is 10.0. The molecule has 0 atom stereocenters. The first-order chi connectivity index (χ1) is 7.81. The van der Waals surface area contributed by atoms with E-state index in [0.717, 1.165) is 16.8 Å². The maximum atomic E-state index is 8.99. The maximum Gasteiger partial charge on any atom is 0.222 e. The van der Waals surface area contributed by atoms with E-state index in [1.807, 2.05) is 30.3 Å². The molecular weight excluding hydrogens is 224 g/mol. The van der Waals surface area contributed by atoms with Crippen molar-refractivity contribution in [2.24, 2.45) is 0 Å². The van der Waals surface area contributed by atoms with Gasteiger partial charge in [0.1, 0.15) is 0 Å². The molecule has 0 aliphatic heterocycles. The topological polar surface area (TPSA) is 46.0 Å². The summed E-state index contributed by atoms with van der Waals surface area (Å²) < 4.78 is 0. The third-order valence-corrected chi connectivity index (χ3v) is 2.48. The molecule has 0 fully saturated rings. The molecule has 0 aliphatic rings. The molecule has 82 valence electrons. The lowest BCUT2D eigenvalue weighted by molar-refractivity contribution is 0.300. The van der Waals surface area contributed by atoms with Gasteiger partial charge in [0.2, 0.25) is 5.28 Å². The lowest BCUT2D eigenvalue weighted by Crippen LogP contribution is -1.95. The Morgan fingerprint density at radius 1 is 1.19 bits per heavy atom. The summed E-state index contributed by atoms with van der Waals surface area (Å²) in [5, 5.41) is 9.22. The summed E-state index contributed by atoms with van der Waals surface area (Å²) in [6.07, 6.45) is 2.23. The molecule has 1 aromatic carbocycles. The van der Waals surface area contributed by atoms with Gasteiger partial charge in [0.25, 0.3) is 0 Å². The van der Waals surface area contributed by atoms with Gasteiger partial charge in [0.05, 0.1) is 5.69 Å². The standard InChI is InChI=1S/C12H11ClN2O/c13-12-14-7-5-11(15-12)10-4-2-1-3-9(10)6-8-16/h1-5,7,16H,6,8H2. The van der Waals surface area contributed by atoms with Crippen LogP contribution in [0.25, 0.3) is 11.3 Å². The number of halogens is 1. The predicted octanol–water partition coefficient (Wildman–Crippen LogP) is 2.33. The minimum absolute atomic E-state index is 0.121. The molecule has 1 N–H and O–H groups in total. The maximum absolute atomic E-state index is 8.99. The quantitative estimate of drug-likeness (QED) is 0.830. The van der Waals surface area contributed by atoms with Crippen LogP contribution in [-0.2, 0) is 6.42 Å². The molecule has 0 saturated carbocycles. The highest BCUT2D eigenvalue weighted by atomic mass is 35.5. The molecule has 0 amide bonds. The van der Waals surface area contributed by atoms with Gasteiger partial charge in [-0.2, -0.15) is 0 Å². The zero-order valence-corrected chi connectivity index (χ0v) is 9.35. The Hall–Kier alpha value is -1.45. The minimum Gasteiger partial charge on any atom is -0.396 e. The van der Waals surface area contributed by atoms with Crippen LogP contribution in [0.2, 0.25) is 5.28 Å². The third kappa shape index (κ3) is 2.38. The fourth-order valence-corrected chi connectivity index (χ4v) is 1.74. The number of rotatable bonds is 3. The number of aromatic nitrogens is 2. The molecule has 0 aliphatic carbocycles. The third-order valence-electron chi connectivity index (χ3n) is 2.30. The van der Waals surface area contributed by atoms with Crippen molar-refractivity contribution in [2.45, 2.75) is 6.42 Å². The van der Waals surface area contributed by atoms with Gasteiger partial charge in [-0.15, -0.1) is 0 Å². The number of nitrogens with zero attached hydrogens (tertiary/aromatic N) is 2. The molecule has 3 nitrogen and oxygen atoms in total. The van der Waals surface area contributed by atoms with Gasteiger partial charge in [-0.05, 0) is 29.7 Å². The van der Waals surface area contributed by atoms with Crippen LogP contribution < -0.4 is 0 Å². The van der Waals surface area contributed by atoms with Gasteiger partial charge in [-0.25, -0.2) is 9.97 Å². The number of aliphatic hydroxyl groups is 1. The highest BCUT2D eigenvalue weighted by Crippen LogP contribution is 2.22. The van der Waals surface area contributed by atoms with Crippen molar-refractivity contribution in [1.82, 2.24) is 9.97 Å². The largest absolute Gasteiger partial charge is 0.396 e. The smallest absolute Gasteiger partial charge is 0.222 e. The van der Waals surface area contributed by atoms with Crippen molar-refractivity contribution in [3.05, 3.63) is 47.4 Å². The number of benzene rings is 1. The summed E-state index contributed by atoms with van der Waals surface area (Å²) in [5.41, 5.74) is 2.82. The Bertz CT molecular complexity index is 488. The van der Waals surface area contributed by atoms with Crippen molar-refractivity contribution in [2.75, 3.05) is 6.61 Å². The summed E-state index contributed by atoms with van der Waals surface area (Å²) in [6.45, 7) is 0.121. The average molecular weight is 235 g/mol. The zero-order chi connectivity index (χ0) is 11.4. The summed E-state index contributed by atoms with van der Waals surface area (Å²) in [6, 6.07) is 9.62. The van der Waals surface area contributed by atoms with Crippen LogP contribution in [0.3, 0.4) is 0 Å². The molecule has 2 rings (SSSR count). The van der Waals surface area contributed by atoms with E-state index in [1.165, 1.54) is 0 Å². The summed E-state index contributed by atoms with van der Waals surface area (Å²) in [4.78, 5) is 8.00. The monoisotopic (exact) mass is 234 g/mol. The summed E-state index contributed by atoms with van der Waals surface area (Å²) in [7, 11) is 0. The van der Waals surface area contributed by atoms with Crippen LogP contribution in [0.1, 0.15) is 5.56 Å². The lowest BCUT2D eigenvalue weighted by Gasteiger charge is -2.07. The van der Waals surface area contributed by atoms with Crippen molar-refractivity contribution in [3.63, 3.8) is 0 Å². The molecule has 0 radical (unpaired) electrons. The van der Waals surface area contributed by atoms with Crippen LogP contribution in [0, 0.1) is 0 Å². The molecule has 0 unspecified atom stereocenters. The number of hydrogen-bond acceptors (Lipinski definition) is 3. The van der Waals surface area contributed by atoms with E-state index >= 15 is 0 Å². The van der Waals surface area contributed by atoms with Crippen LogP contribution in [0.15, 0.2) is 36.5 Å². The van der Waals surface area contributed by atoms with E-state index in [9.17, 15) is 0 Å². The van der Waals surface area contributed by atoms with E-state index in [4.69, 9.17) is 16.7 Å². The average Bonchev–Trinajstić information content (AvgIpc) is 2.30. The fraction of sp³-hybridized carbons (Fsp3) is 0.167. The van der Waals surface area contributed by atoms with Gasteiger partial charge < -0.3 is 5.11 Å². The highest BCUT2D eigenvalue weighted by molar-refractivity contribution is 6.28. The van der Waals surface area contributed by atoms with Gasteiger partial charge in [0.15, 0.2) is 0 Å². The Labute approximate surface area is 98.8 Å². The molecule has 0 spiro atoms. The van der Waals surface area contributed by atoms with E-state index < -0.39 is 0 Å².